The maximum absolute atomic E-state index is 12.8. The summed E-state index contributed by atoms with van der Waals surface area (Å²) in [6, 6.07) is 13.9. The SMILES string of the molecule is Cc1nc(CSc2ccc(C(=O)N3CCN(c4ccccn4)CC3)cc2)cs1. The number of hydrogen-bond donors (Lipinski definition) is 0. The Labute approximate surface area is 173 Å². The number of aryl methyl sites for hydroxylation is 1. The van der Waals surface area contributed by atoms with Crippen molar-refractivity contribution >= 4 is 34.8 Å². The highest BCUT2D eigenvalue weighted by Gasteiger charge is 2.22. The first-order valence-electron chi connectivity index (χ1n) is 9.28. The number of carbonyl (C=O) groups excluding carboxylic acids is 1. The van der Waals surface area contributed by atoms with E-state index in [2.05, 4.69) is 20.2 Å². The summed E-state index contributed by atoms with van der Waals surface area (Å²) in [4.78, 5) is 27.0. The van der Waals surface area contributed by atoms with Crippen LogP contribution < -0.4 is 4.90 Å². The minimum atomic E-state index is 0.104. The van der Waals surface area contributed by atoms with Gasteiger partial charge in [-0.1, -0.05) is 6.07 Å². The van der Waals surface area contributed by atoms with E-state index in [0.717, 1.165) is 58.9 Å². The number of thioether (sulfide) groups is 1. The van der Waals surface area contributed by atoms with E-state index in [-0.39, 0.29) is 5.91 Å². The topological polar surface area (TPSA) is 49.3 Å². The fourth-order valence-corrected chi connectivity index (χ4v) is 4.70. The highest BCUT2D eigenvalue weighted by atomic mass is 32.2. The molecule has 0 saturated carbocycles. The average Bonchev–Trinajstić information content (AvgIpc) is 3.18. The molecule has 0 spiro atoms. The number of anilines is 1. The molecule has 28 heavy (non-hydrogen) atoms. The molecule has 0 atom stereocenters. The van der Waals surface area contributed by atoms with E-state index < -0.39 is 0 Å². The summed E-state index contributed by atoms with van der Waals surface area (Å²) in [5.41, 5.74) is 1.86. The van der Waals surface area contributed by atoms with E-state index in [9.17, 15) is 4.79 Å². The summed E-state index contributed by atoms with van der Waals surface area (Å²) >= 11 is 3.42. The molecule has 1 aromatic carbocycles. The minimum Gasteiger partial charge on any atom is -0.353 e. The van der Waals surface area contributed by atoms with Gasteiger partial charge in [0.1, 0.15) is 5.82 Å². The van der Waals surface area contributed by atoms with Gasteiger partial charge in [0.05, 0.1) is 10.7 Å². The van der Waals surface area contributed by atoms with Gasteiger partial charge in [-0.15, -0.1) is 23.1 Å². The van der Waals surface area contributed by atoms with E-state index >= 15 is 0 Å². The molecule has 1 amide bonds. The number of aromatic nitrogens is 2. The van der Waals surface area contributed by atoms with Gasteiger partial charge in [-0.3, -0.25) is 4.79 Å². The van der Waals surface area contributed by atoms with E-state index in [0.29, 0.717) is 0 Å². The van der Waals surface area contributed by atoms with Crippen molar-refractivity contribution in [1.29, 1.82) is 0 Å². The van der Waals surface area contributed by atoms with Gasteiger partial charge in [0.15, 0.2) is 0 Å². The molecule has 0 N–H and O–H groups in total. The number of piperazine rings is 1. The van der Waals surface area contributed by atoms with Crippen LogP contribution in [0.3, 0.4) is 0 Å². The van der Waals surface area contributed by atoms with Crippen molar-refractivity contribution in [3.05, 3.63) is 70.3 Å². The second-order valence-corrected chi connectivity index (χ2v) is 8.75. The molecule has 3 heterocycles. The second kappa shape index (κ2) is 8.75. The summed E-state index contributed by atoms with van der Waals surface area (Å²) in [5, 5.41) is 3.20. The van der Waals surface area contributed by atoms with E-state index in [1.807, 2.05) is 60.5 Å². The largest absolute Gasteiger partial charge is 0.353 e. The molecule has 1 aliphatic heterocycles. The zero-order valence-electron chi connectivity index (χ0n) is 15.7. The van der Waals surface area contributed by atoms with Crippen LogP contribution in [0.1, 0.15) is 21.1 Å². The van der Waals surface area contributed by atoms with E-state index in [1.165, 1.54) is 0 Å². The Morgan fingerprint density at radius 2 is 1.89 bits per heavy atom. The summed E-state index contributed by atoms with van der Waals surface area (Å²) in [5.74, 6) is 1.94. The highest BCUT2D eigenvalue weighted by Crippen LogP contribution is 2.24. The van der Waals surface area contributed by atoms with Gasteiger partial charge in [0, 0.05) is 54.0 Å². The van der Waals surface area contributed by atoms with Crippen LogP contribution in [0.5, 0.6) is 0 Å². The Morgan fingerprint density at radius 1 is 1.11 bits per heavy atom. The van der Waals surface area contributed by atoms with Crippen molar-refractivity contribution in [3.63, 3.8) is 0 Å². The van der Waals surface area contributed by atoms with Gasteiger partial charge in [-0.2, -0.15) is 0 Å². The molecule has 1 aliphatic rings. The standard InChI is InChI=1S/C21H22N4OS2/c1-16-23-18(14-27-16)15-28-19-7-5-17(6-8-19)21(26)25-12-10-24(11-13-25)20-4-2-3-9-22-20/h2-9,14H,10-13,15H2,1H3. The highest BCUT2D eigenvalue weighted by molar-refractivity contribution is 7.98. The van der Waals surface area contributed by atoms with Crippen LogP contribution in [0.15, 0.2) is 58.9 Å². The maximum atomic E-state index is 12.8. The quantitative estimate of drug-likeness (QED) is 0.593. The van der Waals surface area contributed by atoms with E-state index in [1.54, 1.807) is 23.1 Å². The molecular weight excluding hydrogens is 388 g/mol. The average molecular weight is 411 g/mol. The molecule has 144 valence electrons. The minimum absolute atomic E-state index is 0.104. The Hall–Kier alpha value is -2.38. The third kappa shape index (κ3) is 4.54. The zero-order valence-corrected chi connectivity index (χ0v) is 17.4. The maximum Gasteiger partial charge on any atom is 0.253 e. The molecule has 1 saturated heterocycles. The lowest BCUT2D eigenvalue weighted by molar-refractivity contribution is 0.0746. The Morgan fingerprint density at radius 3 is 2.54 bits per heavy atom. The molecule has 0 unspecified atom stereocenters. The predicted octanol–water partition coefficient (Wildman–Crippen LogP) is 4.10. The Kier molecular flexibility index (Phi) is 5.92. The first-order chi connectivity index (χ1) is 13.7. The molecule has 0 radical (unpaired) electrons. The molecule has 5 nitrogen and oxygen atoms in total. The first kappa shape index (κ1) is 19.0. The van der Waals surface area contributed by atoms with Gasteiger partial charge in [0.2, 0.25) is 0 Å². The first-order valence-corrected chi connectivity index (χ1v) is 11.1. The fraction of sp³-hybridized carbons (Fsp3) is 0.286. The number of nitrogens with zero attached hydrogens (tertiary/aromatic N) is 4. The molecule has 4 rings (SSSR count). The number of carbonyl (C=O) groups is 1. The lowest BCUT2D eigenvalue weighted by Gasteiger charge is -2.35. The molecule has 0 bridgehead atoms. The van der Waals surface area contributed by atoms with Crippen molar-refractivity contribution in [2.75, 3.05) is 31.1 Å². The van der Waals surface area contributed by atoms with Crippen molar-refractivity contribution in [3.8, 4) is 0 Å². The van der Waals surface area contributed by atoms with Gasteiger partial charge in [-0.25, -0.2) is 9.97 Å². The van der Waals surface area contributed by atoms with Crippen LogP contribution in [-0.2, 0) is 5.75 Å². The number of amides is 1. The number of benzene rings is 1. The fourth-order valence-electron chi connectivity index (χ4n) is 3.19. The van der Waals surface area contributed by atoms with Crippen LogP contribution in [0.2, 0.25) is 0 Å². The summed E-state index contributed by atoms with van der Waals surface area (Å²) < 4.78 is 0. The van der Waals surface area contributed by atoms with Crippen molar-refractivity contribution in [1.82, 2.24) is 14.9 Å². The van der Waals surface area contributed by atoms with Crippen LogP contribution in [0.4, 0.5) is 5.82 Å². The van der Waals surface area contributed by atoms with Crippen molar-refractivity contribution < 1.29 is 4.79 Å². The molecular formula is C21H22N4OS2. The van der Waals surface area contributed by atoms with Crippen molar-refractivity contribution in [2.45, 2.75) is 17.6 Å². The normalized spacial score (nSPS) is 14.3. The molecule has 2 aromatic heterocycles. The van der Waals surface area contributed by atoms with Gasteiger partial charge in [-0.05, 0) is 43.3 Å². The smallest absolute Gasteiger partial charge is 0.253 e. The van der Waals surface area contributed by atoms with Crippen LogP contribution in [-0.4, -0.2) is 47.0 Å². The summed E-state index contributed by atoms with van der Waals surface area (Å²) in [7, 11) is 0. The molecule has 0 aliphatic carbocycles. The third-order valence-corrected chi connectivity index (χ3v) is 6.56. The van der Waals surface area contributed by atoms with Crippen LogP contribution >= 0.6 is 23.1 Å². The zero-order chi connectivity index (χ0) is 19.3. The number of pyridine rings is 1. The van der Waals surface area contributed by atoms with Gasteiger partial charge < -0.3 is 9.80 Å². The van der Waals surface area contributed by atoms with Gasteiger partial charge in [0.25, 0.3) is 5.91 Å². The van der Waals surface area contributed by atoms with E-state index in [4.69, 9.17) is 0 Å². The molecule has 3 aromatic rings. The lowest BCUT2D eigenvalue weighted by Crippen LogP contribution is -2.49. The number of thiazole rings is 1. The van der Waals surface area contributed by atoms with Crippen molar-refractivity contribution in [2.24, 2.45) is 0 Å². The Balaban J connectivity index is 1.31. The third-order valence-electron chi connectivity index (χ3n) is 4.69. The molecule has 7 heteroatoms. The Bertz CT molecular complexity index is 919. The number of rotatable bonds is 5. The monoisotopic (exact) mass is 410 g/mol. The van der Waals surface area contributed by atoms with Gasteiger partial charge >= 0.3 is 0 Å². The predicted molar refractivity (Wildman–Crippen MR) is 115 cm³/mol. The molecule has 1 fully saturated rings. The second-order valence-electron chi connectivity index (χ2n) is 6.64. The number of hydrogen-bond acceptors (Lipinski definition) is 6. The summed E-state index contributed by atoms with van der Waals surface area (Å²) in [6.07, 6.45) is 1.81. The lowest BCUT2D eigenvalue weighted by atomic mass is 10.2. The van der Waals surface area contributed by atoms with Crippen LogP contribution in [0.25, 0.3) is 0 Å². The summed E-state index contributed by atoms with van der Waals surface area (Å²) in [6.45, 7) is 5.08. The van der Waals surface area contributed by atoms with Crippen LogP contribution in [0, 0.1) is 6.92 Å².